The van der Waals surface area contributed by atoms with Crippen LogP contribution >= 0.6 is 11.6 Å². The maximum atomic E-state index is 12.9. The predicted molar refractivity (Wildman–Crippen MR) is 50.8 cm³/mol. The summed E-state index contributed by atoms with van der Waals surface area (Å²) < 4.78 is 17.9. The number of halogens is 2. The highest BCUT2D eigenvalue weighted by Crippen LogP contribution is 2.33. The predicted octanol–water partition coefficient (Wildman–Crippen LogP) is 3.44. The second kappa shape index (κ2) is 3.35. The number of aromatic hydroxyl groups is 1. The molecule has 4 heteroatoms. The van der Waals surface area contributed by atoms with Gasteiger partial charge in [-0.2, -0.15) is 0 Å². The van der Waals surface area contributed by atoms with E-state index in [9.17, 15) is 9.50 Å². The quantitative estimate of drug-likeness (QED) is 0.786. The molecule has 14 heavy (non-hydrogen) atoms. The smallest absolute Gasteiger partial charge is 0.145 e. The Balaban J connectivity index is 2.60. The topological polar surface area (TPSA) is 33.4 Å². The summed E-state index contributed by atoms with van der Waals surface area (Å²) >= 11 is 5.57. The van der Waals surface area contributed by atoms with E-state index in [1.807, 2.05) is 0 Å². The van der Waals surface area contributed by atoms with Gasteiger partial charge >= 0.3 is 0 Å². The van der Waals surface area contributed by atoms with Crippen molar-refractivity contribution in [2.45, 2.75) is 0 Å². The highest BCUT2D eigenvalue weighted by atomic mass is 35.5. The van der Waals surface area contributed by atoms with Gasteiger partial charge in [-0.05, 0) is 18.2 Å². The van der Waals surface area contributed by atoms with E-state index in [4.69, 9.17) is 16.0 Å². The molecule has 0 saturated heterocycles. The number of phenols is 1. The first kappa shape index (κ1) is 9.09. The average Bonchev–Trinajstić information content (AvgIpc) is 2.64. The lowest BCUT2D eigenvalue weighted by Gasteiger charge is -2.02. The molecule has 1 aromatic heterocycles. The third-order valence-corrected chi connectivity index (χ3v) is 2.11. The molecule has 1 heterocycles. The first-order valence-corrected chi connectivity index (χ1v) is 4.28. The van der Waals surface area contributed by atoms with Crippen LogP contribution in [0.15, 0.2) is 34.9 Å². The fourth-order valence-electron chi connectivity index (χ4n) is 1.17. The zero-order valence-electron chi connectivity index (χ0n) is 7.00. The normalized spacial score (nSPS) is 10.4. The SMILES string of the molecule is Oc1cc(F)c(Cl)cc1-c1ccco1. The summed E-state index contributed by atoms with van der Waals surface area (Å²) in [5, 5.41) is 9.38. The minimum Gasteiger partial charge on any atom is -0.507 e. The molecule has 0 unspecified atom stereocenters. The number of phenolic OH excluding ortho intramolecular Hbond substituents is 1. The summed E-state index contributed by atoms with van der Waals surface area (Å²) in [6, 6.07) is 5.61. The monoisotopic (exact) mass is 212 g/mol. The zero-order valence-corrected chi connectivity index (χ0v) is 7.75. The Hall–Kier alpha value is -1.48. The summed E-state index contributed by atoms with van der Waals surface area (Å²) in [5.74, 6) is -0.397. The van der Waals surface area contributed by atoms with Crippen molar-refractivity contribution in [2.75, 3.05) is 0 Å². The van der Waals surface area contributed by atoms with E-state index in [0.717, 1.165) is 6.07 Å². The van der Waals surface area contributed by atoms with Gasteiger partial charge in [-0.25, -0.2) is 4.39 Å². The van der Waals surface area contributed by atoms with Crippen molar-refractivity contribution in [2.24, 2.45) is 0 Å². The molecule has 1 aromatic carbocycles. The number of rotatable bonds is 1. The first-order valence-electron chi connectivity index (χ1n) is 3.90. The Bertz CT molecular complexity index is 451. The molecule has 2 nitrogen and oxygen atoms in total. The summed E-state index contributed by atoms with van der Waals surface area (Å²) in [6.45, 7) is 0. The molecule has 0 atom stereocenters. The Morgan fingerprint density at radius 3 is 2.79 bits per heavy atom. The lowest BCUT2D eigenvalue weighted by Crippen LogP contribution is -1.81. The van der Waals surface area contributed by atoms with Gasteiger partial charge in [0.05, 0.1) is 16.8 Å². The molecule has 0 aliphatic carbocycles. The summed E-state index contributed by atoms with van der Waals surface area (Å²) in [7, 11) is 0. The van der Waals surface area contributed by atoms with E-state index in [2.05, 4.69) is 0 Å². The van der Waals surface area contributed by atoms with Crippen molar-refractivity contribution in [3.05, 3.63) is 41.4 Å². The first-order chi connectivity index (χ1) is 6.68. The van der Waals surface area contributed by atoms with Crippen LogP contribution in [0.3, 0.4) is 0 Å². The molecule has 0 aliphatic heterocycles. The molecule has 0 spiro atoms. The van der Waals surface area contributed by atoms with Crippen LogP contribution in [-0.2, 0) is 0 Å². The molecule has 0 bridgehead atoms. The fraction of sp³-hybridized carbons (Fsp3) is 0. The van der Waals surface area contributed by atoms with Crippen LogP contribution in [0.1, 0.15) is 0 Å². The Labute approximate surface area is 84.5 Å². The van der Waals surface area contributed by atoms with Gasteiger partial charge in [0, 0.05) is 6.07 Å². The number of hydrogen-bond acceptors (Lipinski definition) is 2. The van der Waals surface area contributed by atoms with Crippen molar-refractivity contribution in [1.82, 2.24) is 0 Å². The molecular formula is C10H6ClFO2. The maximum absolute atomic E-state index is 12.9. The molecule has 2 rings (SSSR count). The van der Waals surface area contributed by atoms with Gasteiger partial charge in [-0.15, -0.1) is 0 Å². The van der Waals surface area contributed by atoms with E-state index < -0.39 is 5.82 Å². The second-order valence-electron chi connectivity index (χ2n) is 2.76. The van der Waals surface area contributed by atoms with E-state index in [-0.39, 0.29) is 10.8 Å². The van der Waals surface area contributed by atoms with Crippen molar-refractivity contribution in [1.29, 1.82) is 0 Å². The largest absolute Gasteiger partial charge is 0.507 e. The van der Waals surface area contributed by atoms with Gasteiger partial charge in [0.25, 0.3) is 0 Å². The van der Waals surface area contributed by atoms with Gasteiger partial charge in [-0.3, -0.25) is 0 Å². The Morgan fingerprint density at radius 1 is 1.36 bits per heavy atom. The van der Waals surface area contributed by atoms with Gasteiger partial charge in [0.15, 0.2) is 0 Å². The second-order valence-corrected chi connectivity index (χ2v) is 3.17. The molecule has 1 N–H and O–H groups in total. The number of benzene rings is 1. The third-order valence-electron chi connectivity index (χ3n) is 1.83. The van der Waals surface area contributed by atoms with Crippen molar-refractivity contribution >= 4 is 11.6 Å². The van der Waals surface area contributed by atoms with Crippen LogP contribution in [0.4, 0.5) is 4.39 Å². The zero-order chi connectivity index (χ0) is 10.1. The number of hydrogen-bond donors (Lipinski definition) is 1. The molecule has 2 aromatic rings. The molecule has 0 amide bonds. The van der Waals surface area contributed by atoms with Gasteiger partial charge in [0.2, 0.25) is 0 Å². The number of furan rings is 1. The highest BCUT2D eigenvalue weighted by Gasteiger charge is 2.11. The van der Waals surface area contributed by atoms with Crippen LogP contribution in [0.25, 0.3) is 11.3 Å². The van der Waals surface area contributed by atoms with Crippen LogP contribution in [0.5, 0.6) is 5.75 Å². The summed E-state index contributed by atoms with van der Waals surface area (Å²) in [4.78, 5) is 0. The highest BCUT2D eigenvalue weighted by molar-refractivity contribution is 6.31. The Morgan fingerprint density at radius 2 is 2.14 bits per heavy atom. The molecule has 0 fully saturated rings. The third kappa shape index (κ3) is 1.46. The van der Waals surface area contributed by atoms with E-state index in [0.29, 0.717) is 11.3 Å². The van der Waals surface area contributed by atoms with Crippen molar-refractivity contribution < 1.29 is 13.9 Å². The van der Waals surface area contributed by atoms with Crippen LogP contribution in [0.2, 0.25) is 5.02 Å². The average molecular weight is 213 g/mol. The molecular weight excluding hydrogens is 207 g/mol. The maximum Gasteiger partial charge on any atom is 0.145 e. The fourth-order valence-corrected chi connectivity index (χ4v) is 1.33. The minimum atomic E-state index is -0.653. The molecule has 0 saturated carbocycles. The Kier molecular flexibility index (Phi) is 2.17. The lowest BCUT2D eigenvalue weighted by molar-refractivity contribution is 0.467. The minimum absolute atomic E-state index is 0.0470. The molecule has 72 valence electrons. The van der Waals surface area contributed by atoms with Gasteiger partial charge in [-0.1, -0.05) is 11.6 Å². The van der Waals surface area contributed by atoms with E-state index in [1.54, 1.807) is 12.1 Å². The van der Waals surface area contributed by atoms with E-state index >= 15 is 0 Å². The summed E-state index contributed by atoms with van der Waals surface area (Å²) in [6.07, 6.45) is 1.46. The standard InChI is InChI=1S/C10H6ClFO2/c11-7-4-6(9(13)5-8(7)12)10-2-1-3-14-10/h1-5,13H. The molecule has 0 aliphatic rings. The summed E-state index contributed by atoms with van der Waals surface area (Å²) in [5.41, 5.74) is 0.376. The van der Waals surface area contributed by atoms with Crippen LogP contribution in [0, 0.1) is 5.82 Å². The molecule has 0 radical (unpaired) electrons. The van der Waals surface area contributed by atoms with Crippen LogP contribution < -0.4 is 0 Å². The lowest BCUT2D eigenvalue weighted by atomic mass is 10.1. The van der Waals surface area contributed by atoms with Gasteiger partial charge < -0.3 is 9.52 Å². The van der Waals surface area contributed by atoms with Crippen molar-refractivity contribution in [3.63, 3.8) is 0 Å². The van der Waals surface area contributed by atoms with Gasteiger partial charge in [0.1, 0.15) is 17.3 Å². The van der Waals surface area contributed by atoms with Crippen molar-refractivity contribution in [3.8, 4) is 17.1 Å². The van der Waals surface area contributed by atoms with E-state index in [1.165, 1.54) is 12.3 Å². The van der Waals surface area contributed by atoms with Crippen LogP contribution in [-0.4, -0.2) is 5.11 Å².